The van der Waals surface area contributed by atoms with E-state index in [0.29, 0.717) is 4.88 Å². The molecule has 17 heavy (non-hydrogen) atoms. The van der Waals surface area contributed by atoms with Gasteiger partial charge in [0.1, 0.15) is 4.88 Å². The van der Waals surface area contributed by atoms with Crippen LogP contribution in [0, 0.1) is 6.92 Å². The molecule has 1 aromatic rings. The molecule has 0 aromatic carbocycles. The molecule has 0 fully saturated rings. The van der Waals surface area contributed by atoms with Crippen molar-refractivity contribution < 1.29 is 9.53 Å². The molecule has 1 aromatic heterocycles. The van der Waals surface area contributed by atoms with Crippen LogP contribution in [0.1, 0.15) is 28.7 Å². The van der Waals surface area contributed by atoms with E-state index in [-0.39, 0.29) is 5.91 Å². The maximum absolute atomic E-state index is 11.5. The summed E-state index contributed by atoms with van der Waals surface area (Å²) in [5, 5.41) is 6.58. The highest BCUT2D eigenvalue weighted by atomic mass is 32.1. The number of nitrogens with zero attached hydrogens (tertiary/aromatic N) is 1. The van der Waals surface area contributed by atoms with E-state index in [1.807, 2.05) is 13.8 Å². The number of hydrogen-bond donors (Lipinski definition) is 2. The quantitative estimate of drug-likeness (QED) is 0.729. The van der Waals surface area contributed by atoms with Crippen LogP contribution >= 0.6 is 11.3 Å². The average molecular weight is 257 g/mol. The van der Waals surface area contributed by atoms with Crippen LogP contribution in [0.4, 0.5) is 5.13 Å². The van der Waals surface area contributed by atoms with Gasteiger partial charge in [-0.25, -0.2) is 4.98 Å². The fourth-order valence-electron chi connectivity index (χ4n) is 1.31. The smallest absolute Gasteiger partial charge is 0.263 e. The third-order valence-electron chi connectivity index (χ3n) is 2.18. The van der Waals surface area contributed by atoms with Gasteiger partial charge in [0.25, 0.3) is 5.91 Å². The molecular weight excluding hydrogens is 238 g/mol. The SMILES string of the molecule is CCOCCCNc1nc(C)c(C(=O)NC)s1. The molecule has 2 N–H and O–H groups in total. The highest BCUT2D eigenvalue weighted by molar-refractivity contribution is 7.17. The van der Waals surface area contributed by atoms with Gasteiger partial charge in [-0.2, -0.15) is 0 Å². The molecule has 6 heteroatoms. The van der Waals surface area contributed by atoms with Crippen molar-refractivity contribution in [1.29, 1.82) is 0 Å². The standard InChI is InChI=1S/C11H19N3O2S/c1-4-16-7-5-6-13-11-14-8(2)9(17-11)10(15)12-3/h4-7H2,1-3H3,(H,12,15)(H,13,14). The number of carbonyl (C=O) groups is 1. The van der Waals surface area contributed by atoms with E-state index in [0.717, 1.165) is 37.0 Å². The summed E-state index contributed by atoms with van der Waals surface area (Å²) in [4.78, 5) is 16.4. The number of hydrogen-bond acceptors (Lipinski definition) is 5. The Hall–Kier alpha value is -1.14. The number of aromatic nitrogens is 1. The van der Waals surface area contributed by atoms with Crippen LogP contribution in [0.25, 0.3) is 0 Å². The molecule has 0 saturated carbocycles. The third kappa shape index (κ3) is 4.32. The largest absolute Gasteiger partial charge is 0.382 e. The monoisotopic (exact) mass is 257 g/mol. The number of ether oxygens (including phenoxy) is 1. The molecule has 1 rings (SSSR count). The van der Waals surface area contributed by atoms with Crippen LogP contribution in [-0.2, 0) is 4.74 Å². The molecule has 0 aliphatic heterocycles. The second-order valence-corrected chi connectivity index (χ2v) is 4.49. The van der Waals surface area contributed by atoms with Crippen LogP contribution in [0.5, 0.6) is 0 Å². The van der Waals surface area contributed by atoms with Crippen molar-refractivity contribution in [2.24, 2.45) is 0 Å². The van der Waals surface area contributed by atoms with Gasteiger partial charge in [0.15, 0.2) is 5.13 Å². The number of aryl methyl sites for hydroxylation is 1. The van der Waals surface area contributed by atoms with Crippen molar-refractivity contribution in [3.63, 3.8) is 0 Å². The van der Waals surface area contributed by atoms with Gasteiger partial charge in [-0.1, -0.05) is 11.3 Å². The fourth-order valence-corrected chi connectivity index (χ4v) is 2.25. The number of carbonyl (C=O) groups excluding carboxylic acids is 1. The predicted molar refractivity (Wildman–Crippen MR) is 69.8 cm³/mol. The summed E-state index contributed by atoms with van der Waals surface area (Å²) in [6.45, 7) is 6.12. The van der Waals surface area contributed by atoms with Gasteiger partial charge in [-0.3, -0.25) is 4.79 Å². The van der Waals surface area contributed by atoms with Crippen LogP contribution < -0.4 is 10.6 Å². The van der Waals surface area contributed by atoms with E-state index in [2.05, 4.69) is 15.6 Å². The van der Waals surface area contributed by atoms with Gasteiger partial charge in [0.2, 0.25) is 0 Å². The third-order valence-corrected chi connectivity index (χ3v) is 3.29. The summed E-state index contributed by atoms with van der Waals surface area (Å²) in [5.41, 5.74) is 0.765. The van der Waals surface area contributed by atoms with Crippen LogP contribution in [0.3, 0.4) is 0 Å². The number of rotatable bonds is 7. The predicted octanol–water partition coefficient (Wildman–Crippen LogP) is 1.65. The van der Waals surface area contributed by atoms with Crippen LogP contribution in [0.2, 0.25) is 0 Å². The van der Waals surface area contributed by atoms with Crippen molar-refractivity contribution in [3.05, 3.63) is 10.6 Å². The fraction of sp³-hybridized carbons (Fsp3) is 0.636. The lowest BCUT2D eigenvalue weighted by Crippen LogP contribution is -2.17. The van der Waals surface area contributed by atoms with Gasteiger partial charge in [0.05, 0.1) is 5.69 Å². The molecule has 1 amide bonds. The minimum Gasteiger partial charge on any atom is -0.382 e. The number of thiazole rings is 1. The Morgan fingerprint density at radius 3 is 2.94 bits per heavy atom. The first-order chi connectivity index (χ1) is 8.19. The van der Waals surface area contributed by atoms with E-state index in [1.165, 1.54) is 11.3 Å². The van der Waals surface area contributed by atoms with Gasteiger partial charge in [-0.15, -0.1) is 0 Å². The Balaban J connectivity index is 2.42. The van der Waals surface area contributed by atoms with E-state index in [4.69, 9.17) is 4.74 Å². The van der Waals surface area contributed by atoms with E-state index in [9.17, 15) is 4.79 Å². The van der Waals surface area contributed by atoms with Crippen molar-refractivity contribution in [2.75, 3.05) is 32.1 Å². The second-order valence-electron chi connectivity index (χ2n) is 3.49. The highest BCUT2D eigenvalue weighted by Crippen LogP contribution is 2.22. The molecule has 1 heterocycles. The molecule has 0 spiro atoms. The second kappa shape index (κ2) is 7.24. The number of amides is 1. The summed E-state index contributed by atoms with van der Waals surface area (Å²) in [6.07, 6.45) is 0.932. The molecule has 0 atom stereocenters. The van der Waals surface area contributed by atoms with Gasteiger partial charge in [0, 0.05) is 26.8 Å². The minimum atomic E-state index is -0.0811. The van der Waals surface area contributed by atoms with Gasteiger partial charge in [-0.05, 0) is 20.3 Å². The zero-order chi connectivity index (χ0) is 12.7. The zero-order valence-electron chi connectivity index (χ0n) is 10.5. The molecule has 0 bridgehead atoms. The molecule has 0 aliphatic carbocycles. The molecule has 0 saturated heterocycles. The first-order valence-corrected chi connectivity index (χ1v) is 6.51. The summed E-state index contributed by atoms with van der Waals surface area (Å²) < 4.78 is 5.23. The van der Waals surface area contributed by atoms with E-state index >= 15 is 0 Å². The van der Waals surface area contributed by atoms with E-state index < -0.39 is 0 Å². The van der Waals surface area contributed by atoms with Crippen molar-refractivity contribution in [2.45, 2.75) is 20.3 Å². The summed E-state index contributed by atoms with van der Waals surface area (Å²) >= 11 is 1.38. The van der Waals surface area contributed by atoms with Crippen molar-refractivity contribution >= 4 is 22.4 Å². The van der Waals surface area contributed by atoms with Gasteiger partial charge >= 0.3 is 0 Å². The molecule has 96 valence electrons. The minimum absolute atomic E-state index is 0.0811. The van der Waals surface area contributed by atoms with Crippen molar-refractivity contribution in [3.8, 4) is 0 Å². The zero-order valence-corrected chi connectivity index (χ0v) is 11.3. The normalized spacial score (nSPS) is 10.3. The molecular formula is C11H19N3O2S. The molecule has 0 radical (unpaired) electrons. The topological polar surface area (TPSA) is 63.2 Å². The summed E-state index contributed by atoms with van der Waals surface area (Å²) in [6, 6.07) is 0. The van der Waals surface area contributed by atoms with E-state index in [1.54, 1.807) is 7.05 Å². The molecule has 0 aliphatic rings. The summed E-state index contributed by atoms with van der Waals surface area (Å²) in [7, 11) is 1.62. The number of nitrogens with one attached hydrogen (secondary N) is 2. The Morgan fingerprint density at radius 2 is 2.29 bits per heavy atom. The lowest BCUT2D eigenvalue weighted by atomic mass is 10.4. The molecule has 0 unspecified atom stereocenters. The Kier molecular flexibility index (Phi) is 5.93. The summed E-state index contributed by atoms with van der Waals surface area (Å²) in [5.74, 6) is -0.0811. The first kappa shape index (κ1) is 13.9. The Morgan fingerprint density at radius 1 is 1.53 bits per heavy atom. The van der Waals surface area contributed by atoms with Crippen molar-refractivity contribution in [1.82, 2.24) is 10.3 Å². The first-order valence-electron chi connectivity index (χ1n) is 5.70. The maximum Gasteiger partial charge on any atom is 0.263 e. The lowest BCUT2D eigenvalue weighted by molar-refractivity contribution is 0.0966. The number of anilines is 1. The highest BCUT2D eigenvalue weighted by Gasteiger charge is 2.13. The average Bonchev–Trinajstić information content (AvgIpc) is 2.69. The maximum atomic E-state index is 11.5. The lowest BCUT2D eigenvalue weighted by Gasteiger charge is -2.02. The Labute approximate surface area is 106 Å². The van der Waals surface area contributed by atoms with Gasteiger partial charge < -0.3 is 15.4 Å². The molecule has 5 nitrogen and oxygen atoms in total. The van der Waals surface area contributed by atoms with Crippen LogP contribution in [-0.4, -0.2) is 37.7 Å². The van der Waals surface area contributed by atoms with Crippen LogP contribution in [0.15, 0.2) is 0 Å². The Bertz CT molecular complexity index is 366.